The average molecular weight is 1230 g/mol. The van der Waals surface area contributed by atoms with Gasteiger partial charge in [0.2, 0.25) is 0 Å². The quantitative estimate of drug-likeness (QED) is 0.0534. The Morgan fingerprint density at radius 1 is 0.663 bits per heavy atom. The fourth-order valence-electron chi connectivity index (χ4n) is 16.9. The van der Waals surface area contributed by atoms with Gasteiger partial charge < -0.3 is 118 Å². The first kappa shape index (κ1) is 66.2. The van der Waals surface area contributed by atoms with E-state index < -0.39 is 194 Å². The van der Waals surface area contributed by atoms with Crippen molar-refractivity contribution in [2.45, 2.75) is 254 Å². The number of allylic oxidation sites excluding steroid dienone is 5. The fraction of sp³-hybridized carbons (Fsp3) is 0.867. The molecule has 10 rings (SSSR count). The van der Waals surface area contributed by atoms with E-state index in [0.29, 0.717) is 38.5 Å². The molecule has 0 aromatic rings. The Morgan fingerprint density at radius 2 is 1.27 bits per heavy atom. The number of cyclic esters (lactones) is 1. The number of fused-ring (bicyclic) bond motifs is 4. The largest absolute Gasteiger partial charge is 0.462 e. The lowest BCUT2D eigenvalue weighted by Crippen LogP contribution is -2.67. The van der Waals surface area contributed by atoms with Gasteiger partial charge in [0.1, 0.15) is 109 Å². The Bertz CT molecular complexity index is 2510. The molecule has 26 nitrogen and oxygen atoms in total. The predicted molar refractivity (Wildman–Crippen MR) is 292 cm³/mol. The lowest BCUT2D eigenvalue weighted by Gasteiger charge is -2.63. The summed E-state index contributed by atoms with van der Waals surface area (Å²) in [6.45, 7) is 15.4. The highest BCUT2D eigenvalue weighted by Gasteiger charge is 2.79. The first-order valence-electron chi connectivity index (χ1n) is 30.3. The highest BCUT2D eigenvalue weighted by atomic mass is 16.8. The average Bonchev–Trinajstić information content (AvgIpc) is 1.46. The summed E-state index contributed by atoms with van der Waals surface area (Å²) in [6, 6.07) is 0. The third-order valence-corrected chi connectivity index (χ3v) is 21.3. The number of methoxy groups -OCH3 is 1. The molecule has 31 atom stereocenters. The molecule has 0 aromatic heterocycles. The van der Waals surface area contributed by atoms with E-state index in [1.165, 1.54) is 26.5 Å². The van der Waals surface area contributed by atoms with Crippen molar-refractivity contribution >= 4 is 11.9 Å². The summed E-state index contributed by atoms with van der Waals surface area (Å²) in [5.41, 5.74) is -1.32. The summed E-state index contributed by atoms with van der Waals surface area (Å²) in [7, 11) is 1.25. The third-order valence-electron chi connectivity index (χ3n) is 21.3. The maximum absolute atomic E-state index is 14.7. The zero-order valence-electron chi connectivity index (χ0n) is 50.5. The fourth-order valence-corrected chi connectivity index (χ4v) is 16.9. The minimum absolute atomic E-state index is 0.00437. The van der Waals surface area contributed by atoms with Gasteiger partial charge >= 0.3 is 11.9 Å². The van der Waals surface area contributed by atoms with Crippen LogP contribution in [0.15, 0.2) is 35.5 Å². The van der Waals surface area contributed by atoms with Gasteiger partial charge in [-0.05, 0) is 95.0 Å². The van der Waals surface area contributed by atoms with Gasteiger partial charge in [0.05, 0.1) is 50.0 Å². The molecule has 0 unspecified atom stereocenters. The molecule has 11 N–H and O–H groups in total. The summed E-state index contributed by atoms with van der Waals surface area (Å²) < 4.78 is 78.9. The molecule has 6 heterocycles. The van der Waals surface area contributed by atoms with E-state index in [4.69, 9.17) is 61.6 Å². The Morgan fingerprint density at radius 3 is 1.93 bits per heavy atom. The van der Waals surface area contributed by atoms with E-state index in [1.54, 1.807) is 0 Å². The number of carbonyl (C=O) groups is 2. The maximum Gasteiger partial charge on any atom is 0.314 e. The van der Waals surface area contributed by atoms with Crippen LogP contribution in [0, 0.1) is 39.4 Å². The lowest BCUT2D eigenvalue weighted by atomic mass is 9.41. The number of hydrogen-bond acceptors (Lipinski definition) is 26. The molecular formula is C60H92O26. The molecule has 4 aliphatic carbocycles. The first-order chi connectivity index (χ1) is 40.5. The van der Waals surface area contributed by atoms with Crippen molar-refractivity contribution in [1.29, 1.82) is 0 Å². The highest BCUT2D eigenvalue weighted by Crippen LogP contribution is 2.76. The number of rotatable bonds is 15. The summed E-state index contributed by atoms with van der Waals surface area (Å²) in [5, 5.41) is 122. The van der Waals surface area contributed by atoms with Gasteiger partial charge in [0, 0.05) is 19.4 Å². The van der Waals surface area contributed by atoms with E-state index in [2.05, 4.69) is 33.8 Å². The Balaban J connectivity index is 0.889. The predicted octanol–water partition coefficient (Wildman–Crippen LogP) is -0.968. The van der Waals surface area contributed by atoms with Gasteiger partial charge in [-0.2, -0.15) is 0 Å². The molecule has 488 valence electrons. The van der Waals surface area contributed by atoms with Crippen LogP contribution >= 0.6 is 0 Å². The zero-order valence-corrected chi connectivity index (χ0v) is 50.5. The van der Waals surface area contributed by atoms with Crippen molar-refractivity contribution in [3.8, 4) is 0 Å². The van der Waals surface area contributed by atoms with Crippen molar-refractivity contribution in [2.75, 3.05) is 33.5 Å². The molecule has 86 heavy (non-hydrogen) atoms. The van der Waals surface area contributed by atoms with Gasteiger partial charge in [-0.3, -0.25) is 9.59 Å². The van der Waals surface area contributed by atoms with Crippen LogP contribution in [-0.4, -0.2) is 255 Å². The van der Waals surface area contributed by atoms with E-state index in [0.717, 1.165) is 5.57 Å². The van der Waals surface area contributed by atoms with Crippen LogP contribution in [-0.2, 0) is 71.2 Å². The van der Waals surface area contributed by atoms with Crippen molar-refractivity contribution in [3.63, 3.8) is 0 Å². The number of esters is 2. The summed E-state index contributed by atoms with van der Waals surface area (Å²) in [6.07, 6.45) is -25.2. The van der Waals surface area contributed by atoms with Crippen LogP contribution in [0.1, 0.15) is 101 Å². The van der Waals surface area contributed by atoms with Crippen LogP contribution in [0.2, 0.25) is 0 Å². The second kappa shape index (κ2) is 25.1. The number of hydrogen-bond donors (Lipinski definition) is 11. The molecule has 0 bridgehead atoms. The lowest BCUT2D eigenvalue weighted by molar-refractivity contribution is -0.402. The summed E-state index contributed by atoms with van der Waals surface area (Å²) >= 11 is 0. The molecule has 26 heteroatoms. The van der Waals surface area contributed by atoms with Crippen molar-refractivity contribution in [1.82, 2.24) is 0 Å². The normalized spacial score (nSPS) is 51.8. The second-order valence-electron chi connectivity index (χ2n) is 27.1. The SMILES string of the molecule is CO[C@@H]1[C@@H](O)[C@H](O[C@@H]2[C@@H](O)[C@H](O[C@H]3[C@H](O)[C@@H](O[C@@H]4OC[C@@H](O)[C@H](O)[C@H]4O)[C@H](O[C@H]4[C@H](O[C@H]5CC[C@]6(C)[C@H]7CC[C@]89C(=O)O[C@@](C)(/C=C/C=C(C)C)[C@H]8[C@@H](OC(C)=O)C[C@@]9(C)C7=CC[C@H]6C5(C)C)OC[C@@H](O)[C@@H]4O)O[C@@H]3C)O[C@H](CO)[C@H]2O)OC[C@H]1O. The van der Waals surface area contributed by atoms with Crippen LogP contribution in [0.25, 0.3) is 0 Å². The third kappa shape index (κ3) is 11.3. The smallest absolute Gasteiger partial charge is 0.314 e. The molecule has 10 aliphatic rings. The zero-order chi connectivity index (χ0) is 62.5. The number of carbonyl (C=O) groups excluding carboxylic acids is 2. The summed E-state index contributed by atoms with van der Waals surface area (Å²) in [5.74, 6) is -1.08. The van der Waals surface area contributed by atoms with E-state index in [-0.39, 0.29) is 36.4 Å². The molecule has 0 amide bonds. The standard InChI is InChI=1S/C60H92O26/c1-25(2)12-11-17-59(9)49-33(79-27(4)62)20-58(8)29-13-14-35-56(5,6)36(16-18-57(35,7)28(29)15-19-60(49,58)55(73)86-59)81-53-47(38(67)31(64)23-77-53)85-54-48(84-50-40(69)37(66)30(63)22-75-50)41(70)44(26(3)78-54)82-52-43(72)46(39(68)34(21-61)80-52)83-51-42(71)45(74-10)32(65)24-76-51/h11-13,17,26,28,30-54,61,63-72H,14-16,18-24H2,1-10H3/b17-11+/t26-,28+,30-,31-,32-,33+,34-,35+,36+,37+,38+,39-,40-,41+,42-,43-,44-,45+,46+,47-,48-,49-,50+,51+,52+,53+,54+,57-,58+,59+,60-/m1/s1. The summed E-state index contributed by atoms with van der Waals surface area (Å²) in [4.78, 5) is 27.5. The topological polar surface area (TPSA) is 377 Å². The van der Waals surface area contributed by atoms with Crippen molar-refractivity contribution in [2.24, 2.45) is 39.4 Å². The van der Waals surface area contributed by atoms with E-state index in [9.17, 15) is 65.8 Å². The van der Waals surface area contributed by atoms with Crippen molar-refractivity contribution in [3.05, 3.63) is 35.5 Å². The number of ether oxygens (including phenoxy) is 13. The van der Waals surface area contributed by atoms with E-state index >= 15 is 0 Å². The van der Waals surface area contributed by atoms with Crippen LogP contribution in [0.4, 0.5) is 0 Å². The van der Waals surface area contributed by atoms with Gasteiger partial charge in [-0.25, -0.2) is 0 Å². The first-order valence-corrected chi connectivity index (χ1v) is 30.3. The Labute approximate surface area is 500 Å². The molecule has 6 saturated heterocycles. The maximum atomic E-state index is 14.7. The van der Waals surface area contributed by atoms with Crippen LogP contribution in [0.3, 0.4) is 0 Å². The van der Waals surface area contributed by atoms with Gasteiger partial charge in [-0.1, -0.05) is 57.1 Å². The molecule has 0 aromatic carbocycles. The molecule has 3 saturated carbocycles. The Hall–Kier alpha value is -2.72. The number of aliphatic hydroxyl groups excluding tert-OH is 11. The minimum atomic E-state index is -1.93. The van der Waals surface area contributed by atoms with Crippen molar-refractivity contribution < 1.29 is 127 Å². The molecule has 9 fully saturated rings. The molecular weight excluding hydrogens is 1140 g/mol. The van der Waals surface area contributed by atoms with Crippen LogP contribution < -0.4 is 0 Å². The minimum Gasteiger partial charge on any atom is -0.462 e. The Kier molecular flexibility index (Phi) is 19.3. The number of aliphatic hydroxyl groups is 11. The molecule has 6 aliphatic heterocycles. The van der Waals surface area contributed by atoms with Gasteiger partial charge in [0.25, 0.3) is 0 Å². The highest BCUT2D eigenvalue weighted by molar-refractivity contribution is 5.84. The monoisotopic (exact) mass is 1230 g/mol. The molecule has 0 radical (unpaired) electrons. The van der Waals surface area contributed by atoms with E-state index in [1.807, 2.05) is 39.0 Å². The molecule has 1 spiro atoms. The van der Waals surface area contributed by atoms with Gasteiger partial charge in [0.15, 0.2) is 31.5 Å². The van der Waals surface area contributed by atoms with Gasteiger partial charge in [-0.15, -0.1) is 0 Å². The van der Waals surface area contributed by atoms with Crippen LogP contribution in [0.5, 0.6) is 0 Å². The second-order valence-corrected chi connectivity index (χ2v) is 27.1.